The molecule has 1 saturated carbocycles. The molecule has 186 valence electrons. The number of hydrogen-bond donors (Lipinski definition) is 4. The Morgan fingerprint density at radius 3 is 2.62 bits per heavy atom. The fraction of sp³-hybridized carbons (Fsp3) is 0.600. The molecule has 0 spiro atoms. The van der Waals surface area contributed by atoms with Crippen LogP contribution in [0, 0.1) is 11.8 Å². The summed E-state index contributed by atoms with van der Waals surface area (Å²) in [5.74, 6) is -0.205. The molecule has 1 heterocycles. The van der Waals surface area contributed by atoms with E-state index in [4.69, 9.17) is 4.74 Å². The van der Waals surface area contributed by atoms with Gasteiger partial charge in [-0.05, 0) is 56.1 Å². The lowest BCUT2D eigenvalue weighted by Gasteiger charge is -2.22. The zero-order valence-corrected chi connectivity index (χ0v) is 20.0. The molecular weight excluding hydrogens is 436 g/mol. The molecule has 34 heavy (non-hydrogen) atoms. The minimum Gasteiger partial charge on any atom is -0.493 e. The van der Waals surface area contributed by atoms with E-state index in [1.807, 2.05) is 13.8 Å². The monoisotopic (exact) mass is 472 g/mol. The van der Waals surface area contributed by atoms with E-state index in [0.29, 0.717) is 49.8 Å². The van der Waals surface area contributed by atoms with Crippen LogP contribution in [0.3, 0.4) is 0 Å². The maximum absolute atomic E-state index is 13.0. The summed E-state index contributed by atoms with van der Waals surface area (Å²) in [4.78, 5) is 51.2. The van der Waals surface area contributed by atoms with Crippen molar-refractivity contribution in [3.63, 3.8) is 0 Å². The number of carbonyl (C=O) groups is 4. The van der Waals surface area contributed by atoms with Gasteiger partial charge in [-0.25, -0.2) is 0 Å². The van der Waals surface area contributed by atoms with Crippen molar-refractivity contribution in [1.82, 2.24) is 21.3 Å². The standard InChI is InChI=1S/C25H36N4O5/c1-16(2)14-20-25(33)26-12-5-13-34-21-7-4-3-6-18(21)23(31)29-19(10-11-22(30)28-20)24(32)27-15-17-8-9-17/h3-4,6-7,16-17,19-20H,5,8-15H2,1-2H3,(H,26,33)(H,27,32)(H,28,30)(H,29,31)/t19-,20-/m0/s1. The van der Waals surface area contributed by atoms with Crippen LogP contribution in [0.5, 0.6) is 5.75 Å². The first-order chi connectivity index (χ1) is 16.3. The van der Waals surface area contributed by atoms with Crippen LogP contribution in [0.25, 0.3) is 0 Å². The molecule has 0 bridgehead atoms. The van der Waals surface area contributed by atoms with Crippen molar-refractivity contribution in [2.24, 2.45) is 11.8 Å². The molecule has 9 nitrogen and oxygen atoms in total. The first kappa shape index (κ1) is 25.5. The van der Waals surface area contributed by atoms with Crippen LogP contribution in [0.15, 0.2) is 24.3 Å². The van der Waals surface area contributed by atoms with Crippen LogP contribution in [-0.4, -0.2) is 55.4 Å². The predicted molar refractivity (Wildman–Crippen MR) is 127 cm³/mol. The van der Waals surface area contributed by atoms with Gasteiger partial charge in [0.05, 0.1) is 12.2 Å². The Hall–Kier alpha value is -3.10. The largest absolute Gasteiger partial charge is 0.493 e. The first-order valence-electron chi connectivity index (χ1n) is 12.2. The van der Waals surface area contributed by atoms with Crippen LogP contribution in [0.1, 0.15) is 62.7 Å². The molecule has 1 aliphatic heterocycles. The van der Waals surface area contributed by atoms with Crippen molar-refractivity contribution in [2.75, 3.05) is 19.7 Å². The number of hydrogen-bond acceptors (Lipinski definition) is 5. The van der Waals surface area contributed by atoms with Gasteiger partial charge in [-0.2, -0.15) is 0 Å². The number of amides is 4. The van der Waals surface area contributed by atoms with Gasteiger partial charge in [0, 0.05) is 19.5 Å². The number of rotatable bonds is 5. The Balaban J connectivity index is 1.77. The van der Waals surface area contributed by atoms with Crippen molar-refractivity contribution in [3.05, 3.63) is 29.8 Å². The second-order valence-corrected chi connectivity index (χ2v) is 9.49. The minimum atomic E-state index is -0.879. The highest BCUT2D eigenvalue weighted by atomic mass is 16.5. The van der Waals surface area contributed by atoms with E-state index in [1.54, 1.807) is 24.3 Å². The predicted octanol–water partition coefficient (Wildman–Crippen LogP) is 1.52. The summed E-state index contributed by atoms with van der Waals surface area (Å²) in [5, 5.41) is 11.3. The highest BCUT2D eigenvalue weighted by Gasteiger charge is 2.28. The second-order valence-electron chi connectivity index (χ2n) is 9.49. The summed E-state index contributed by atoms with van der Waals surface area (Å²) in [7, 11) is 0. The molecule has 1 aliphatic carbocycles. The van der Waals surface area contributed by atoms with Crippen molar-refractivity contribution in [1.29, 1.82) is 0 Å². The maximum Gasteiger partial charge on any atom is 0.255 e. The van der Waals surface area contributed by atoms with Gasteiger partial charge in [0.25, 0.3) is 5.91 Å². The quantitative estimate of drug-likeness (QED) is 0.517. The minimum absolute atomic E-state index is 0.00180. The molecule has 9 heteroatoms. The Kier molecular flexibility index (Phi) is 9.30. The molecule has 1 aromatic rings. The van der Waals surface area contributed by atoms with E-state index in [-0.39, 0.29) is 36.5 Å². The molecule has 2 atom stereocenters. The summed E-state index contributed by atoms with van der Waals surface area (Å²) >= 11 is 0. The van der Waals surface area contributed by atoms with Crippen LogP contribution in [0.4, 0.5) is 0 Å². The third-order valence-electron chi connectivity index (χ3n) is 5.91. The first-order valence-corrected chi connectivity index (χ1v) is 12.2. The smallest absolute Gasteiger partial charge is 0.255 e. The molecule has 4 N–H and O–H groups in total. The van der Waals surface area contributed by atoms with Gasteiger partial charge in [-0.15, -0.1) is 0 Å². The topological polar surface area (TPSA) is 126 Å². The molecule has 0 aromatic heterocycles. The number of para-hydroxylation sites is 1. The third-order valence-corrected chi connectivity index (χ3v) is 5.91. The van der Waals surface area contributed by atoms with Crippen LogP contribution in [0.2, 0.25) is 0 Å². The molecule has 4 amide bonds. The molecule has 1 fully saturated rings. The van der Waals surface area contributed by atoms with E-state index in [0.717, 1.165) is 12.8 Å². The van der Waals surface area contributed by atoms with Gasteiger partial charge >= 0.3 is 0 Å². The van der Waals surface area contributed by atoms with Gasteiger partial charge < -0.3 is 26.0 Å². The molecule has 1 aromatic carbocycles. The fourth-order valence-electron chi connectivity index (χ4n) is 3.81. The maximum atomic E-state index is 13.0. The number of benzene rings is 1. The summed E-state index contributed by atoms with van der Waals surface area (Å²) in [6.45, 7) is 5.23. The van der Waals surface area contributed by atoms with E-state index >= 15 is 0 Å². The SMILES string of the molecule is CC(C)C[C@@H]1NC(=O)CC[C@@H](C(=O)NCC2CC2)NC(=O)c2ccccc2OCCCNC1=O. The number of carbonyl (C=O) groups excluding carboxylic acids is 4. The average Bonchev–Trinajstić information content (AvgIpc) is 3.63. The zero-order valence-electron chi connectivity index (χ0n) is 20.0. The van der Waals surface area contributed by atoms with Gasteiger partial charge in [0.2, 0.25) is 17.7 Å². The number of fused-ring (bicyclic) bond motifs is 1. The molecular formula is C25H36N4O5. The zero-order chi connectivity index (χ0) is 24.5. The van der Waals surface area contributed by atoms with Crippen LogP contribution < -0.4 is 26.0 Å². The number of ether oxygens (including phenoxy) is 1. The van der Waals surface area contributed by atoms with Crippen LogP contribution >= 0.6 is 0 Å². The van der Waals surface area contributed by atoms with E-state index in [2.05, 4.69) is 21.3 Å². The lowest BCUT2D eigenvalue weighted by atomic mass is 10.0. The highest BCUT2D eigenvalue weighted by Crippen LogP contribution is 2.27. The van der Waals surface area contributed by atoms with Gasteiger partial charge in [0.1, 0.15) is 17.8 Å². The van der Waals surface area contributed by atoms with Crippen molar-refractivity contribution < 1.29 is 23.9 Å². The Labute approximate surface area is 200 Å². The van der Waals surface area contributed by atoms with Gasteiger partial charge in [0.15, 0.2) is 0 Å². The Morgan fingerprint density at radius 2 is 1.88 bits per heavy atom. The summed E-state index contributed by atoms with van der Waals surface area (Å²) in [6, 6.07) is 5.30. The lowest BCUT2D eigenvalue weighted by molar-refractivity contribution is -0.129. The lowest BCUT2D eigenvalue weighted by Crippen LogP contribution is -2.50. The highest BCUT2D eigenvalue weighted by molar-refractivity contribution is 5.99. The van der Waals surface area contributed by atoms with Crippen molar-refractivity contribution >= 4 is 23.6 Å². The molecule has 2 aliphatic rings. The molecule has 0 saturated heterocycles. The third kappa shape index (κ3) is 8.04. The van der Waals surface area contributed by atoms with Crippen molar-refractivity contribution in [2.45, 2.75) is 64.5 Å². The average molecular weight is 473 g/mol. The van der Waals surface area contributed by atoms with Crippen molar-refractivity contribution in [3.8, 4) is 5.75 Å². The normalized spacial score (nSPS) is 22.6. The fourth-order valence-corrected chi connectivity index (χ4v) is 3.81. The molecule has 3 rings (SSSR count). The molecule has 0 unspecified atom stereocenters. The van der Waals surface area contributed by atoms with Crippen LogP contribution in [-0.2, 0) is 14.4 Å². The van der Waals surface area contributed by atoms with E-state index in [9.17, 15) is 19.2 Å². The summed E-state index contributed by atoms with van der Waals surface area (Å²) < 4.78 is 5.80. The Bertz CT molecular complexity index is 884. The van der Waals surface area contributed by atoms with Gasteiger partial charge in [-0.1, -0.05) is 26.0 Å². The summed E-state index contributed by atoms with van der Waals surface area (Å²) in [5.41, 5.74) is 0.320. The van der Waals surface area contributed by atoms with E-state index < -0.39 is 18.0 Å². The van der Waals surface area contributed by atoms with E-state index in [1.165, 1.54) is 0 Å². The second kappa shape index (κ2) is 12.4. The Morgan fingerprint density at radius 1 is 1.12 bits per heavy atom. The number of nitrogens with one attached hydrogen (secondary N) is 4. The molecule has 0 radical (unpaired) electrons. The van der Waals surface area contributed by atoms with Gasteiger partial charge in [-0.3, -0.25) is 19.2 Å². The summed E-state index contributed by atoms with van der Waals surface area (Å²) in [6.07, 6.45) is 3.34.